The first-order chi connectivity index (χ1) is 13.2. The molecule has 1 saturated heterocycles. The number of hydrogen-bond acceptors (Lipinski definition) is 5. The second kappa shape index (κ2) is 9.07. The Morgan fingerprint density at radius 3 is 2.61 bits per heavy atom. The molecule has 2 aliphatic heterocycles. The van der Waals surface area contributed by atoms with Gasteiger partial charge in [0.2, 0.25) is 5.91 Å². The predicted molar refractivity (Wildman–Crippen MR) is 109 cm³/mol. The van der Waals surface area contributed by atoms with Crippen LogP contribution in [0.25, 0.3) is 0 Å². The summed E-state index contributed by atoms with van der Waals surface area (Å²) in [6, 6.07) is 10.2. The summed E-state index contributed by atoms with van der Waals surface area (Å²) in [4.78, 5) is 28.9. The van der Waals surface area contributed by atoms with Crippen molar-refractivity contribution >= 4 is 29.9 Å². The van der Waals surface area contributed by atoms with E-state index in [1.807, 2.05) is 18.2 Å². The highest BCUT2D eigenvalue weighted by Gasteiger charge is 2.24. The lowest BCUT2D eigenvalue weighted by Gasteiger charge is -2.36. The molecule has 2 aliphatic rings. The van der Waals surface area contributed by atoms with Gasteiger partial charge < -0.3 is 20.4 Å². The highest BCUT2D eigenvalue weighted by atomic mass is 35.5. The number of aromatic amines is 1. The van der Waals surface area contributed by atoms with Crippen LogP contribution < -0.4 is 15.5 Å². The predicted octanol–water partition coefficient (Wildman–Crippen LogP) is 0.556. The number of para-hydroxylation sites is 1. The zero-order valence-electron chi connectivity index (χ0n) is 15.6. The van der Waals surface area contributed by atoms with Crippen LogP contribution in [-0.2, 0) is 17.8 Å². The Kier molecular flexibility index (Phi) is 6.53. The number of fused-ring (bicyclic) bond motifs is 1. The lowest BCUT2D eigenvalue weighted by molar-refractivity contribution is -0.130. The molecule has 1 aromatic heterocycles. The van der Waals surface area contributed by atoms with Gasteiger partial charge in [-0.05, 0) is 12.1 Å². The molecule has 4 rings (SSSR count). The van der Waals surface area contributed by atoms with E-state index in [-0.39, 0.29) is 30.8 Å². The van der Waals surface area contributed by atoms with Crippen LogP contribution in [0.15, 0.2) is 30.3 Å². The number of anilines is 1. The van der Waals surface area contributed by atoms with Crippen molar-refractivity contribution in [2.24, 2.45) is 0 Å². The van der Waals surface area contributed by atoms with Crippen molar-refractivity contribution in [3.8, 4) is 0 Å². The number of halogens is 1. The van der Waals surface area contributed by atoms with E-state index in [1.54, 1.807) is 4.90 Å². The molecule has 150 valence electrons. The van der Waals surface area contributed by atoms with Crippen LogP contribution in [0.5, 0.6) is 0 Å². The summed E-state index contributed by atoms with van der Waals surface area (Å²) >= 11 is 0. The molecule has 0 aliphatic carbocycles. The van der Waals surface area contributed by atoms with E-state index in [9.17, 15) is 9.59 Å². The van der Waals surface area contributed by atoms with Crippen LogP contribution in [0.2, 0.25) is 0 Å². The molecule has 8 nitrogen and oxygen atoms in total. The number of benzene rings is 1. The summed E-state index contributed by atoms with van der Waals surface area (Å²) < 4.78 is 0. The Bertz CT molecular complexity index is 817. The Morgan fingerprint density at radius 2 is 1.86 bits per heavy atom. The Labute approximate surface area is 170 Å². The maximum Gasteiger partial charge on any atom is 0.272 e. The quantitative estimate of drug-likeness (QED) is 0.692. The number of nitrogens with zero attached hydrogens (tertiary/aromatic N) is 3. The van der Waals surface area contributed by atoms with Crippen LogP contribution in [-0.4, -0.2) is 66.2 Å². The number of nitrogens with one attached hydrogen (secondary N) is 3. The highest BCUT2D eigenvalue weighted by molar-refractivity contribution is 5.96. The molecule has 3 heterocycles. The van der Waals surface area contributed by atoms with Crippen molar-refractivity contribution in [3.63, 3.8) is 0 Å². The minimum absolute atomic E-state index is 0. The molecule has 2 amide bonds. The maximum atomic E-state index is 12.5. The van der Waals surface area contributed by atoms with Gasteiger partial charge in [-0.2, -0.15) is 5.10 Å². The van der Waals surface area contributed by atoms with Crippen molar-refractivity contribution in [2.45, 2.75) is 13.0 Å². The first-order valence-corrected chi connectivity index (χ1v) is 9.35. The number of aromatic nitrogens is 2. The van der Waals surface area contributed by atoms with Crippen LogP contribution in [0.3, 0.4) is 0 Å². The molecular formula is C19H25ClN6O2. The fourth-order valence-electron chi connectivity index (χ4n) is 3.62. The average Bonchev–Trinajstić information content (AvgIpc) is 3.17. The second-order valence-corrected chi connectivity index (χ2v) is 6.84. The summed E-state index contributed by atoms with van der Waals surface area (Å²) in [5.41, 5.74) is 3.47. The summed E-state index contributed by atoms with van der Waals surface area (Å²) in [5.74, 6) is -0.355. The van der Waals surface area contributed by atoms with E-state index in [1.165, 1.54) is 5.69 Å². The molecule has 28 heavy (non-hydrogen) atoms. The van der Waals surface area contributed by atoms with Gasteiger partial charge in [0, 0.05) is 62.6 Å². The van der Waals surface area contributed by atoms with Crippen LogP contribution in [0.4, 0.5) is 5.69 Å². The fourth-order valence-corrected chi connectivity index (χ4v) is 3.62. The van der Waals surface area contributed by atoms with Crippen LogP contribution in [0, 0.1) is 0 Å². The van der Waals surface area contributed by atoms with Gasteiger partial charge in [0.15, 0.2) is 5.69 Å². The molecule has 0 spiro atoms. The third-order valence-corrected chi connectivity index (χ3v) is 5.18. The van der Waals surface area contributed by atoms with Gasteiger partial charge in [0.25, 0.3) is 5.91 Å². The van der Waals surface area contributed by atoms with Gasteiger partial charge >= 0.3 is 0 Å². The first-order valence-electron chi connectivity index (χ1n) is 9.35. The van der Waals surface area contributed by atoms with Crippen molar-refractivity contribution in [2.75, 3.05) is 44.2 Å². The fraction of sp³-hybridized carbons (Fsp3) is 0.421. The Balaban J connectivity index is 0.00000225. The normalized spacial score (nSPS) is 16.1. The molecule has 1 fully saturated rings. The third kappa shape index (κ3) is 4.28. The number of rotatable bonds is 4. The van der Waals surface area contributed by atoms with E-state index in [2.05, 4.69) is 37.9 Å². The maximum absolute atomic E-state index is 12.5. The van der Waals surface area contributed by atoms with Gasteiger partial charge in [0.05, 0.1) is 6.54 Å². The number of hydrogen-bond donors (Lipinski definition) is 3. The van der Waals surface area contributed by atoms with Gasteiger partial charge in [-0.1, -0.05) is 18.2 Å². The number of H-pyrrole nitrogens is 1. The first kappa shape index (κ1) is 20.2. The zero-order chi connectivity index (χ0) is 18.6. The smallest absolute Gasteiger partial charge is 0.272 e. The molecule has 9 heteroatoms. The topological polar surface area (TPSA) is 93.4 Å². The molecule has 1 aromatic carbocycles. The van der Waals surface area contributed by atoms with Gasteiger partial charge in [-0.25, -0.2) is 0 Å². The molecular weight excluding hydrogens is 380 g/mol. The molecule has 0 unspecified atom stereocenters. The lowest BCUT2D eigenvalue weighted by atomic mass is 10.1. The van der Waals surface area contributed by atoms with Gasteiger partial charge in [-0.3, -0.25) is 14.7 Å². The standard InChI is InChI=1S/C19H24N6O2.ClH/c26-17(25-10-8-24(9-11-25)14-4-2-1-3-5-14)13-21-19(27)18-15-12-20-7-6-16(15)22-23-18;/h1-5,20H,6-13H2,(H,21,27)(H,22,23);1H. The molecule has 0 bridgehead atoms. The summed E-state index contributed by atoms with van der Waals surface area (Å²) in [6.07, 6.45) is 0.834. The second-order valence-electron chi connectivity index (χ2n) is 6.84. The van der Waals surface area contributed by atoms with Crippen molar-refractivity contribution in [1.82, 2.24) is 25.7 Å². The Morgan fingerprint density at radius 1 is 1.11 bits per heavy atom. The summed E-state index contributed by atoms with van der Waals surface area (Å²) in [5, 5.41) is 13.0. The molecule has 2 aromatic rings. The SMILES string of the molecule is Cl.O=C(NCC(=O)N1CCN(c2ccccc2)CC1)c1n[nH]c2c1CNCC2. The zero-order valence-corrected chi connectivity index (χ0v) is 16.4. The minimum Gasteiger partial charge on any atom is -0.368 e. The van der Waals surface area contributed by atoms with E-state index >= 15 is 0 Å². The van der Waals surface area contributed by atoms with E-state index in [4.69, 9.17) is 0 Å². The number of carbonyl (C=O) groups excluding carboxylic acids is 2. The minimum atomic E-state index is -0.299. The molecule has 0 saturated carbocycles. The van der Waals surface area contributed by atoms with E-state index in [0.717, 1.165) is 37.3 Å². The number of carbonyl (C=O) groups is 2. The van der Waals surface area contributed by atoms with Gasteiger partial charge in [0.1, 0.15) is 0 Å². The third-order valence-electron chi connectivity index (χ3n) is 5.18. The molecule has 3 N–H and O–H groups in total. The van der Waals surface area contributed by atoms with E-state index in [0.29, 0.717) is 25.3 Å². The van der Waals surface area contributed by atoms with Crippen molar-refractivity contribution in [1.29, 1.82) is 0 Å². The van der Waals surface area contributed by atoms with Crippen molar-refractivity contribution in [3.05, 3.63) is 47.3 Å². The van der Waals surface area contributed by atoms with Crippen LogP contribution >= 0.6 is 12.4 Å². The van der Waals surface area contributed by atoms with Crippen molar-refractivity contribution < 1.29 is 9.59 Å². The molecule has 0 radical (unpaired) electrons. The summed E-state index contributed by atoms with van der Waals surface area (Å²) in [7, 11) is 0. The van der Waals surface area contributed by atoms with Gasteiger partial charge in [-0.15, -0.1) is 12.4 Å². The monoisotopic (exact) mass is 404 g/mol. The Hall–Kier alpha value is -2.58. The van der Waals surface area contributed by atoms with Crippen LogP contribution in [0.1, 0.15) is 21.7 Å². The largest absolute Gasteiger partial charge is 0.368 e. The lowest BCUT2D eigenvalue weighted by Crippen LogP contribution is -2.51. The van der Waals surface area contributed by atoms with E-state index < -0.39 is 0 Å². The highest BCUT2D eigenvalue weighted by Crippen LogP contribution is 2.16. The summed E-state index contributed by atoms with van der Waals surface area (Å²) in [6.45, 7) is 4.41. The number of piperazine rings is 1. The molecule has 0 atom stereocenters. The number of amides is 2. The average molecular weight is 405 g/mol.